The fraction of sp³-hybridized carbons (Fsp3) is 0.250. The molecule has 3 nitrogen and oxygen atoms in total. The van der Waals surface area contributed by atoms with Crippen LogP contribution in [0.5, 0.6) is 0 Å². The molecule has 4 heteroatoms. The Bertz CT molecular complexity index is 312. The number of carbonyl (C=O) groups is 1. The smallest absolute Gasteiger partial charge is 0.338 e. The van der Waals surface area contributed by atoms with Gasteiger partial charge in [-0.1, -0.05) is 0 Å². The molecule has 0 radical (unpaired) electrons. The molecule has 12 heavy (non-hydrogen) atoms. The van der Waals surface area contributed by atoms with E-state index in [1.165, 1.54) is 13.3 Å². The van der Waals surface area contributed by atoms with Gasteiger partial charge in [-0.15, -0.1) is 0 Å². The van der Waals surface area contributed by atoms with E-state index >= 15 is 0 Å². The SMILES string of the molecule is COC(=O)c1cc(F)ncc1C. The molecule has 0 spiro atoms. The van der Waals surface area contributed by atoms with Crippen LogP contribution in [0.3, 0.4) is 0 Å². The van der Waals surface area contributed by atoms with Crippen LogP contribution < -0.4 is 0 Å². The molecule has 0 saturated carbocycles. The Morgan fingerprint density at radius 1 is 1.67 bits per heavy atom. The van der Waals surface area contributed by atoms with E-state index in [4.69, 9.17) is 0 Å². The Kier molecular flexibility index (Phi) is 2.38. The van der Waals surface area contributed by atoms with Crippen LogP contribution in [0, 0.1) is 12.9 Å². The summed E-state index contributed by atoms with van der Waals surface area (Å²) in [7, 11) is 1.25. The molecule has 1 rings (SSSR count). The maximum atomic E-state index is 12.5. The van der Waals surface area contributed by atoms with E-state index in [2.05, 4.69) is 9.72 Å². The number of hydrogen-bond acceptors (Lipinski definition) is 3. The molecule has 0 fully saturated rings. The lowest BCUT2D eigenvalue weighted by atomic mass is 10.2. The molecular formula is C8H8FNO2. The van der Waals surface area contributed by atoms with Gasteiger partial charge >= 0.3 is 5.97 Å². The number of ether oxygens (including phenoxy) is 1. The molecule has 1 heterocycles. The molecule has 64 valence electrons. The van der Waals surface area contributed by atoms with Gasteiger partial charge in [0.1, 0.15) is 0 Å². The molecule has 1 aromatic heterocycles. The van der Waals surface area contributed by atoms with E-state index in [0.717, 1.165) is 6.07 Å². The highest BCUT2D eigenvalue weighted by Gasteiger charge is 2.09. The molecule has 1 aromatic rings. The van der Waals surface area contributed by atoms with Gasteiger partial charge in [0.15, 0.2) is 0 Å². The fourth-order valence-electron chi connectivity index (χ4n) is 0.828. The third kappa shape index (κ3) is 1.58. The second-order valence-electron chi connectivity index (χ2n) is 2.31. The van der Waals surface area contributed by atoms with E-state index in [-0.39, 0.29) is 5.56 Å². The highest BCUT2D eigenvalue weighted by atomic mass is 19.1. The van der Waals surface area contributed by atoms with E-state index in [1.807, 2.05) is 0 Å². The number of hydrogen-bond donors (Lipinski definition) is 0. The van der Waals surface area contributed by atoms with Gasteiger partial charge in [-0.2, -0.15) is 4.39 Å². The number of aromatic nitrogens is 1. The van der Waals surface area contributed by atoms with Crippen LogP contribution in [0.2, 0.25) is 0 Å². The first-order valence-corrected chi connectivity index (χ1v) is 3.35. The highest BCUT2D eigenvalue weighted by Crippen LogP contribution is 2.08. The standard InChI is InChI=1S/C8H8FNO2/c1-5-4-10-7(9)3-6(5)8(11)12-2/h3-4H,1-2H3. The maximum Gasteiger partial charge on any atom is 0.338 e. The normalized spacial score (nSPS) is 9.58. The number of rotatable bonds is 1. The van der Waals surface area contributed by atoms with Crippen LogP contribution in [-0.4, -0.2) is 18.1 Å². The van der Waals surface area contributed by atoms with Crippen LogP contribution in [0.25, 0.3) is 0 Å². The number of methoxy groups -OCH3 is 1. The monoisotopic (exact) mass is 169 g/mol. The van der Waals surface area contributed by atoms with Crippen molar-refractivity contribution in [3.8, 4) is 0 Å². The molecule has 0 aromatic carbocycles. The summed E-state index contributed by atoms with van der Waals surface area (Å²) in [4.78, 5) is 14.4. The Balaban J connectivity index is 3.13. The van der Waals surface area contributed by atoms with Gasteiger partial charge in [-0.25, -0.2) is 9.78 Å². The van der Waals surface area contributed by atoms with Gasteiger partial charge in [-0.05, 0) is 12.5 Å². The van der Waals surface area contributed by atoms with Crippen molar-refractivity contribution in [3.05, 3.63) is 29.3 Å². The van der Waals surface area contributed by atoms with Crippen LogP contribution in [0.4, 0.5) is 4.39 Å². The van der Waals surface area contributed by atoms with Crippen LogP contribution in [0.1, 0.15) is 15.9 Å². The van der Waals surface area contributed by atoms with Crippen molar-refractivity contribution in [2.45, 2.75) is 6.92 Å². The largest absolute Gasteiger partial charge is 0.465 e. The first-order valence-electron chi connectivity index (χ1n) is 3.35. The highest BCUT2D eigenvalue weighted by molar-refractivity contribution is 5.90. The average Bonchev–Trinajstić information content (AvgIpc) is 2.08. The summed E-state index contributed by atoms with van der Waals surface area (Å²) in [6.45, 7) is 1.67. The molecule has 0 aliphatic rings. The van der Waals surface area contributed by atoms with Crippen molar-refractivity contribution in [1.82, 2.24) is 4.98 Å². The zero-order chi connectivity index (χ0) is 9.14. The molecule has 0 amide bonds. The van der Waals surface area contributed by atoms with Crippen molar-refractivity contribution >= 4 is 5.97 Å². The Morgan fingerprint density at radius 3 is 2.92 bits per heavy atom. The van der Waals surface area contributed by atoms with Crippen molar-refractivity contribution in [3.63, 3.8) is 0 Å². The summed E-state index contributed by atoms with van der Waals surface area (Å²) in [6, 6.07) is 1.06. The number of halogens is 1. The van der Waals surface area contributed by atoms with Gasteiger partial charge in [0.05, 0.1) is 12.7 Å². The van der Waals surface area contributed by atoms with E-state index in [1.54, 1.807) is 6.92 Å². The number of esters is 1. The topological polar surface area (TPSA) is 39.2 Å². The minimum absolute atomic E-state index is 0.213. The molecular weight excluding hydrogens is 161 g/mol. The molecule has 0 N–H and O–H groups in total. The zero-order valence-corrected chi connectivity index (χ0v) is 6.80. The van der Waals surface area contributed by atoms with E-state index in [0.29, 0.717) is 5.56 Å². The fourth-order valence-corrected chi connectivity index (χ4v) is 0.828. The first-order chi connectivity index (χ1) is 5.65. The number of nitrogens with zero attached hydrogens (tertiary/aromatic N) is 1. The van der Waals surface area contributed by atoms with Crippen molar-refractivity contribution in [2.24, 2.45) is 0 Å². The predicted molar refractivity (Wildman–Crippen MR) is 40.3 cm³/mol. The Hall–Kier alpha value is -1.45. The lowest BCUT2D eigenvalue weighted by Crippen LogP contribution is -2.05. The quantitative estimate of drug-likeness (QED) is 0.470. The number of aryl methyl sites for hydroxylation is 1. The summed E-state index contributed by atoms with van der Waals surface area (Å²) in [6.07, 6.45) is 1.29. The Labute approximate surface area is 69.2 Å². The zero-order valence-electron chi connectivity index (χ0n) is 6.80. The van der Waals surface area contributed by atoms with Crippen LogP contribution >= 0.6 is 0 Å². The first kappa shape index (κ1) is 8.64. The summed E-state index contributed by atoms with van der Waals surface area (Å²) >= 11 is 0. The second-order valence-corrected chi connectivity index (χ2v) is 2.31. The van der Waals surface area contributed by atoms with Crippen molar-refractivity contribution in [2.75, 3.05) is 7.11 Å². The minimum atomic E-state index is -0.680. The number of carbonyl (C=O) groups excluding carboxylic acids is 1. The van der Waals surface area contributed by atoms with Gasteiger partial charge in [0.25, 0.3) is 0 Å². The van der Waals surface area contributed by atoms with Gasteiger partial charge in [0, 0.05) is 12.3 Å². The summed E-state index contributed by atoms with van der Waals surface area (Å²) in [5.41, 5.74) is 0.813. The molecule has 0 unspecified atom stereocenters. The molecule has 0 bridgehead atoms. The lowest BCUT2D eigenvalue weighted by Gasteiger charge is -2.01. The molecule has 0 atom stereocenters. The van der Waals surface area contributed by atoms with Gasteiger partial charge in [-0.3, -0.25) is 0 Å². The summed E-state index contributed by atoms with van der Waals surface area (Å²) in [5, 5.41) is 0. The van der Waals surface area contributed by atoms with Crippen LogP contribution in [0.15, 0.2) is 12.3 Å². The molecule has 0 aliphatic heterocycles. The maximum absolute atomic E-state index is 12.5. The lowest BCUT2D eigenvalue weighted by molar-refractivity contribution is 0.0599. The summed E-state index contributed by atoms with van der Waals surface area (Å²) < 4.78 is 17.0. The van der Waals surface area contributed by atoms with Gasteiger partial charge < -0.3 is 4.74 Å². The van der Waals surface area contributed by atoms with Gasteiger partial charge in [0.2, 0.25) is 5.95 Å². The average molecular weight is 169 g/mol. The number of pyridine rings is 1. The van der Waals surface area contributed by atoms with Crippen molar-refractivity contribution < 1.29 is 13.9 Å². The molecule has 0 aliphatic carbocycles. The molecule has 0 saturated heterocycles. The summed E-state index contributed by atoms with van der Waals surface area (Å²) in [5.74, 6) is -1.23. The van der Waals surface area contributed by atoms with Crippen molar-refractivity contribution in [1.29, 1.82) is 0 Å². The third-order valence-corrected chi connectivity index (χ3v) is 1.48. The second kappa shape index (κ2) is 3.30. The third-order valence-electron chi connectivity index (χ3n) is 1.48. The van der Waals surface area contributed by atoms with E-state index in [9.17, 15) is 9.18 Å². The Morgan fingerprint density at radius 2 is 2.33 bits per heavy atom. The van der Waals surface area contributed by atoms with E-state index < -0.39 is 11.9 Å². The van der Waals surface area contributed by atoms with Crippen LogP contribution in [-0.2, 0) is 4.74 Å². The predicted octanol–water partition coefficient (Wildman–Crippen LogP) is 1.32. The minimum Gasteiger partial charge on any atom is -0.465 e.